The number of benzene rings is 1. The summed E-state index contributed by atoms with van der Waals surface area (Å²) in [4.78, 5) is 16.1. The van der Waals surface area contributed by atoms with Gasteiger partial charge in [-0.2, -0.15) is 5.10 Å². The first-order valence-electron chi connectivity index (χ1n) is 5.88. The van der Waals surface area contributed by atoms with Gasteiger partial charge in [0.2, 0.25) is 0 Å². The molecule has 6 heteroatoms. The molecule has 0 radical (unpaired) electrons. The number of fused-ring (bicyclic) bond motifs is 1. The summed E-state index contributed by atoms with van der Waals surface area (Å²) in [5.41, 5.74) is 1.69. The first-order valence-corrected chi connectivity index (χ1v) is 6.68. The van der Waals surface area contributed by atoms with E-state index >= 15 is 0 Å². The highest BCUT2D eigenvalue weighted by atomic mass is 79.9. The lowest BCUT2D eigenvalue weighted by atomic mass is 10.2. The van der Waals surface area contributed by atoms with Crippen molar-refractivity contribution >= 4 is 32.9 Å². The van der Waals surface area contributed by atoms with E-state index in [9.17, 15) is 4.79 Å². The number of methoxy groups -OCH3 is 1. The Kier molecular flexibility index (Phi) is 3.23. The van der Waals surface area contributed by atoms with Crippen molar-refractivity contribution in [1.82, 2.24) is 14.8 Å². The Balaban J connectivity index is 2.29. The molecule has 0 amide bonds. The molecule has 0 unspecified atom stereocenters. The fourth-order valence-corrected chi connectivity index (χ4v) is 2.37. The lowest BCUT2D eigenvalue weighted by molar-refractivity contribution is 0.0595. The molecule has 2 heterocycles. The first-order chi connectivity index (χ1) is 9.70. The van der Waals surface area contributed by atoms with Gasteiger partial charge in [-0.05, 0) is 30.3 Å². The smallest absolute Gasteiger partial charge is 0.359 e. The average Bonchev–Trinajstić information content (AvgIpc) is 2.86. The molecule has 3 aromatic rings. The highest BCUT2D eigenvalue weighted by molar-refractivity contribution is 9.10. The molecule has 5 nitrogen and oxygen atoms in total. The fraction of sp³-hybridized carbons (Fsp3) is 0.0714. The maximum Gasteiger partial charge on any atom is 0.359 e. The number of aromatic nitrogens is 3. The molecule has 0 saturated heterocycles. The summed E-state index contributed by atoms with van der Waals surface area (Å²) in [6.07, 6.45) is 1.67. The molecule has 0 spiro atoms. The Morgan fingerprint density at radius 1 is 1.30 bits per heavy atom. The third kappa shape index (κ3) is 2.08. The Bertz CT molecular complexity index is 798. The van der Waals surface area contributed by atoms with Crippen molar-refractivity contribution in [1.29, 1.82) is 0 Å². The van der Waals surface area contributed by atoms with Gasteiger partial charge in [-0.25, -0.2) is 14.5 Å². The average molecular weight is 332 g/mol. The quantitative estimate of drug-likeness (QED) is 0.677. The van der Waals surface area contributed by atoms with Crippen molar-refractivity contribution in [2.45, 2.75) is 0 Å². The van der Waals surface area contributed by atoms with Gasteiger partial charge in [0.15, 0.2) is 11.3 Å². The van der Waals surface area contributed by atoms with E-state index in [0.29, 0.717) is 11.0 Å². The van der Waals surface area contributed by atoms with Gasteiger partial charge in [-0.15, -0.1) is 0 Å². The van der Waals surface area contributed by atoms with E-state index < -0.39 is 5.97 Å². The van der Waals surface area contributed by atoms with E-state index in [1.165, 1.54) is 7.11 Å². The van der Waals surface area contributed by atoms with Crippen LogP contribution in [0.15, 0.2) is 47.1 Å². The number of hydrogen-bond acceptors (Lipinski definition) is 4. The van der Waals surface area contributed by atoms with E-state index in [1.807, 2.05) is 24.3 Å². The minimum absolute atomic E-state index is 0.260. The zero-order chi connectivity index (χ0) is 14.1. The van der Waals surface area contributed by atoms with Gasteiger partial charge in [-0.1, -0.05) is 22.0 Å². The molecule has 100 valence electrons. The Morgan fingerprint density at radius 2 is 2.15 bits per heavy atom. The zero-order valence-corrected chi connectivity index (χ0v) is 12.2. The number of nitrogens with zero attached hydrogens (tertiary/aromatic N) is 3. The van der Waals surface area contributed by atoms with Gasteiger partial charge in [0, 0.05) is 10.7 Å². The van der Waals surface area contributed by atoms with Crippen LogP contribution < -0.4 is 0 Å². The molecule has 0 bridgehead atoms. The highest BCUT2D eigenvalue weighted by Gasteiger charge is 2.19. The molecule has 0 aliphatic rings. The largest absolute Gasteiger partial charge is 0.464 e. The number of rotatable bonds is 2. The van der Waals surface area contributed by atoms with Gasteiger partial charge < -0.3 is 4.74 Å². The normalized spacial score (nSPS) is 10.7. The Labute approximate surface area is 123 Å². The third-order valence-corrected chi connectivity index (χ3v) is 3.37. The van der Waals surface area contributed by atoms with E-state index in [1.54, 1.807) is 23.0 Å². The van der Waals surface area contributed by atoms with Crippen LogP contribution in [-0.2, 0) is 4.74 Å². The molecular weight excluding hydrogens is 322 g/mol. The summed E-state index contributed by atoms with van der Waals surface area (Å²) in [7, 11) is 1.34. The van der Waals surface area contributed by atoms with Crippen LogP contribution in [0.3, 0.4) is 0 Å². The SMILES string of the molecule is COC(=O)c1nn(-c2cccc(Br)c2)c2ncccc12. The van der Waals surface area contributed by atoms with Crippen LogP contribution in [-0.4, -0.2) is 27.8 Å². The number of esters is 1. The second-order valence-electron chi connectivity index (χ2n) is 4.11. The van der Waals surface area contributed by atoms with Crippen molar-refractivity contribution < 1.29 is 9.53 Å². The van der Waals surface area contributed by atoms with Crippen LogP contribution >= 0.6 is 15.9 Å². The van der Waals surface area contributed by atoms with Gasteiger partial charge in [-0.3, -0.25) is 0 Å². The summed E-state index contributed by atoms with van der Waals surface area (Å²) >= 11 is 3.42. The summed E-state index contributed by atoms with van der Waals surface area (Å²) in [5, 5.41) is 5.00. The van der Waals surface area contributed by atoms with E-state index in [0.717, 1.165) is 10.2 Å². The molecule has 3 rings (SSSR count). The number of carbonyl (C=O) groups is 1. The van der Waals surface area contributed by atoms with E-state index in [4.69, 9.17) is 4.74 Å². The molecule has 0 saturated carbocycles. The number of ether oxygens (including phenoxy) is 1. The van der Waals surface area contributed by atoms with Crippen LogP contribution in [0.25, 0.3) is 16.7 Å². The number of hydrogen-bond donors (Lipinski definition) is 0. The molecule has 0 atom stereocenters. The fourth-order valence-electron chi connectivity index (χ4n) is 1.99. The summed E-state index contributed by atoms with van der Waals surface area (Å²) in [5.74, 6) is -0.475. The molecule has 0 N–H and O–H groups in total. The first kappa shape index (κ1) is 12.8. The predicted octanol–water partition coefficient (Wildman–Crippen LogP) is 2.97. The van der Waals surface area contributed by atoms with Crippen LogP contribution in [0.5, 0.6) is 0 Å². The number of carbonyl (C=O) groups excluding carboxylic acids is 1. The van der Waals surface area contributed by atoms with Crippen molar-refractivity contribution in [3.8, 4) is 5.69 Å². The lowest BCUT2D eigenvalue weighted by Gasteiger charge is -2.02. The second-order valence-corrected chi connectivity index (χ2v) is 5.02. The second kappa shape index (κ2) is 5.05. The predicted molar refractivity (Wildman–Crippen MR) is 77.9 cm³/mol. The number of halogens is 1. The highest BCUT2D eigenvalue weighted by Crippen LogP contribution is 2.22. The molecular formula is C14H10BrN3O2. The summed E-state index contributed by atoms with van der Waals surface area (Å²) in [6.45, 7) is 0. The van der Waals surface area contributed by atoms with Crippen LogP contribution in [0.2, 0.25) is 0 Å². The van der Waals surface area contributed by atoms with Crippen LogP contribution in [0.1, 0.15) is 10.5 Å². The van der Waals surface area contributed by atoms with Gasteiger partial charge in [0.05, 0.1) is 18.2 Å². The van der Waals surface area contributed by atoms with Crippen LogP contribution in [0.4, 0.5) is 0 Å². The molecule has 0 aliphatic heterocycles. The van der Waals surface area contributed by atoms with E-state index in [-0.39, 0.29) is 5.69 Å². The summed E-state index contributed by atoms with van der Waals surface area (Å²) < 4.78 is 7.32. The minimum atomic E-state index is -0.475. The third-order valence-electron chi connectivity index (χ3n) is 2.87. The van der Waals surface area contributed by atoms with Gasteiger partial charge >= 0.3 is 5.97 Å². The maximum atomic E-state index is 11.8. The maximum absolute atomic E-state index is 11.8. The van der Waals surface area contributed by atoms with Crippen molar-refractivity contribution in [3.05, 3.63) is 52.8 Å². The van der Waals surface area contributed by atoms with Crippen LogP contribution in [0, 0.1) is 0 Å². The zero-order valence-electron chi connectivity index (χ0n) is 10.6. The topological polar surface area (TPSA) is 57.0 Å². The van der Waals surface area contributed by atoms with Gasteiger partial charge in [0.25, 0.3) is 0 Å². The van der Waals surface area contributed by atoms with E-state index in [2.05, 4.69) is 26.0 Å². The Morgan fingerprint density at radius 3 is 2.90 bits per heavy atom. The number of pyridine rings is 1. The standard InChI is InChI=1S/C14H10BrN3O2/c1-20-14(19)12-11-6-3-7-16-13(11)18(17-12)10-5-2-4-9(15)8-10/h2-8H,1H3. The van der Waals surface area contributed by atoms with Gasteiger partial charge in [0.1, 0.15) is 0 Å². The monoisotopic (exact) mass is 331 g/mol. The summed E-state index contributed by atoms with van der Waals surface area (Å²) in [6, 6.07) is 11.2. The van der Waals surface area contributed by atoms with Crippen molar-refractivity contribution in [2.24, 2.45) is 0 Å². The van der Waals surface area contributed by atoms with Crippen molar-refractivity contribution in [2.75, 3.05) is 7.11 Å². The molecule has 20 heavy (non-hydrogen) atoms. The minimum Gasteiger partial charge on any atom is -0.464 e. The van der Waals surface area contributed by atoms with Crippen molar-refractivity contribution in [3.63, 3.8) is 0 Å². The Hall–Kier alpha value is -2.21. The molecule has 0 aliphatic carbocycles. The lowest BCUT2D eigenvalue weighted by Crippen LogP contribution is -2.04. The molecule has 1 aromatic carbocycles. The molecule has 0 fully saturated rings. The molecule has 2 aromatic heterocycles.